The molecule has 1 aromatic carbocycles. The van der Waals surface area contributed by atoms with E-state index in [0.29, 0.717) is 0 Å². The lowest BCUT2D eigenvalue weighted by atomic mass is 10.1. The minimum absolute atomic E-state index is 0.0355. The van der Waals surface area contributed by atoms with E-state index < -0.39 is 28.1 Å². The molecule has 0 aliphatic rings. The van der Waals surface area contributed by atoms with Crippen molar-refractivity contribution in [1.82, 2.24) is 24.8 Å². The Kier molecular flexibility index (Phi) is 5.79. The third-order valence-corrected chi connectivity index (χ3v) is 4.32. The van der Waals surface area contributed by atoms with E-state index in [2.05, 4.69) is 34.7 Å². The maximum absolute atomic E-state index is 12.6. The highest BCUT2D eigenvalue weighted by Crippen LogP contribution is 2.29. The summed E-state index contributed by atoms with van der Waals surface area (Å²) in [7, 11) is -3.42. The van der Waals surface area contributed by atoms with Crippen molar-refractivity contribution in [1.29, 1.82) is 0 Å². The summed E-state index contributed by atoms with van der Waals surface area (Å²) in [6.45, 7) is 0.0355. The van der Waals surface area contributed by atoms with Crippen molar-refractivity contribution < 1.29 is 26.1 Å². The first-order chi connectivity index (χ1) is 13.6. The number of benzene rings is 1. The number of halogens is 3. The predicted octanol–water partition coefficient (Wildman–Crippen LogP) is 2.25. The first-order valence-corrected chi connectivity index (χ1v) is 10.0. The number of hydrogen-bond donors (Lipinski definition) is 2. The van der Waals surface area contributed by atoms with Crippen LogP contribution in [0.4, 0.5) is 19.1 Å². The summed E-state index contributed by atoms with van der Waals surface area (Å²) in [5.41, 5.74) is 0.907. The number of nitrogens with one attached hydrogen (secondary N) is 2. The van der Waals surface area contributed by atoms with Crippen molar-refractivity contribution in [2.24, 2.45) is 0 Å². The molecular formula is C16H15F3N6O3S. The van der Waals surface area contributed by atoms with E-state index in [1.54, 1.807) is 24.3 Å². The van der Waals surface area contributed by atoms with E-state index in [4.69, 9.17) is 0 Å². The van der Waals surface area contributed by atoms with Gasteiger partial charge >= 0.3 is 12.1 Å². The van der Waals surface area contributed by atoms with Crippen molar-refractivity contribution in [3.63, 3.8) is 0 Å². The summed E-state index contributed by atoms with van der Waals surface area (Å²) in [5, 5.41) is 6.25. The van der Waals surface area contributed by atoms with Crippen molar-refractivity contribution in [3.8, 4) is 11.4 Å². The van der Waals surface area contributed by atoms with Gasteiger partial charge in [0, 0.05) is 18.9 Å². The van der Waals surface area contributed by atoms with Crippen LogP contribution in [0, 0.1) is 0 Å². The third kappa shape index (κ3) is 5.71. The van der Waals surface area contributed by atoms with E-state index in [1.165, 1.54) is 12.4 Å². The number of aromatic nitrogens is 4. The molecule has 0 amide bonds. The summed E-state index contributed by atoms with van der Waals surface area (Å²) >= 11 is 0. The molecule has 9 nitrogen and oxygen atoms in total. The summed E-state index contributed by atoms with van der Waals surface area (Å²) in [4.78, 5) is 11.3. The van der Waals surface area contributed by atoms with Gasteiger partial charge in [-0.3, -0.25) is 0 Å². The number of anilines is 1. The average molecular weight is 428 g/mol. The van der Waals surface area contributed by atoms with Crippen LogP contribution >= 0.6 is 0 Å². The normalized spacial score (nSPS) is 13.2. The van der Waals surface area contributed by atoms with Gasteiger partial charge in [-0.2, -0.15) is 18.2 Å². The van der Waals surface area contributed by atoms with Gasteiger partial charge in [0.25, 0.3) is 0 Å². The Labute approximate surface area is 163 Å². The molecule has 1 atom stereocenters. The maximum Gasteiger partial charge on any atom is 0.471 e. The Morgan fingerprint density at radius 2 is 1.79 bits per heavy atom. The van der Waals surface area contributed by atoms with Crippen LogP contribution < -0.4 is 10.0 Å². The fourth-order valence-electron chi connectivity index (χ4n) is 2.30. The Morgan fingerprint density at radius 3 is 2.34 bits per heavy atom. The Bertz CT molecular complexity index is 1060. The molecule has 0 aliphatic heterocycles. The summed E-state index contributed by atoms with van der Waals surface area (Å²) in [6.07, 6.45) is -1.25. The van der Waals surface area contributed by atoms with Gasteiger partial charge in [0.1, 0.15) is 0 Å². The van der Waals surface area contributed by atoms with Gasteiger partial charge in [0.05, 0.1) is 17.9 Å². The highest BCUT2D eigenvalue weighted by molar-refractivity contribution is 7.88. The molecule has 154 valence electrons. The second-order valence-corrected chi connectivity index (χ2v) is 7.78. The van der Waals surface area contributed by atoms with Crippen LogP contribution in [0.3, 0.4) is 0 Å². The molecule has 0 bridgehead atoms. The quantitative estimate of drug-likeness (QED) is 0.587. The SMILES string of the molecule is CS(=O)(=O)NCC(Nc1ncc(-c2noc(C(F)(F)F)n2)cn1)c1ccccc1. The minimum atomic E-state index is -4.75. The van der Waals surface area contributed by atoms with Crippen LogP contribution in [0.5, 0.6) is 0 Å². The zero-order chi connectivity index (χ0) is 21.1. The molecule has 2 heterocycles. The molecule has 3 aromatic rings. The molecule has 0 fully saturated rings. The van der Waals surface area contributed by atoms with Crippen molar-refractivity contribution in [3.05, 3.63) is 54.2 Å². The Balaban J connectivity index is 1.77. The topological polar surface area (TPSA) is 123 Å². The van der Waals surface area contributed by atoms with E-state index in [-0.39, 0.29) is 23.9 Å². The number of alkyl halides is 3. The number of rotatable bonds is 7. The van der Waals surface area contributed by atoms with Crippen LogP contribution in [-0.2, 0) is 16.2 Å². The summed E-state index contributed by atoms with van der Waals surface area (Å²) < 4.78 is 67.1. The molecule has 3 rings (SSSR count). The van der Waals surface area contributed by atoms with Crippen molar-refractivity contribution in [2.75, 3.05) is 18.1 Å². The lowest BCUT2D eigenvalue weighted by molar-refractivity contribution is -0.159. The molecule has 0 aliphatic carbocycles. The molecule has 1 unspecified atom stereocenters. The van der Waals surface area contributed by atoms with Gasteiger partial charge in [-0.15, -0.1) is 0 Å². The smallest absolute Gasteiger partial charge is 0.346 e. The first-order valence-electron chi connectivity index (χ1n) is 8.11. The third-order valence-electron chi connectivity index (χ3n) is 3.63. The molecule has 2 aromatic heterocycles. The predicted molar refractivity (Wildman–Crippen MR) is 96.0 cm³/mol. The van der Waals surface area contributed by atoms with Crippen LogP contribution in [-0.4, -0.2) is 41.3 Å². The molecule has 0 radical (unpaired) electrons. The monoisotopic (exact) mass is 428 g/mol. The average Bonchev–Trinajstić information content (AvgIpc) is 3.16. The fourth-order valence-corrected chi connectivity index (χ4v) is 2.77. The van der Waals surface area contributed by atoms with Gasteiger partial charge in [-0.05, 0) is 5.56 Å². The lowest BCUT2D eigenvalue weighted by Crippen LogP contribution is -2.31. The second-order valence-electron chi connectivity index (χ2n) is 5.94. The molecule has 0 saturated carbocycles. The van der Waals surface area contributed by atoms with E-state index >= 15 is 0 Å². The van der Waals surface area contributed by atoms with Crippen molar-refractivity contribution in [2.45, 2.75) is 12.2 Å². The second kappa shape index (κ2) is 8.13. The van der Waals surface area contributed by atoms with Crippen LogP contribution in [0.2, 0.25) is 0 Å². The van der Waals surface area contributed by atoms with Crippen LogP contribution in [0.1, 0.15) is 17.5 Å². The molecule has 2 N–H and O–H groups in total. The first kappa shape index (κ1) is 20.7. The van der Waals surface area contributed by atoms with Gasteiger partial charge in [-0.25, -0.2) is 23.1 Å². The highest BCUT2D eigenvalue weighted by atomic mass is 32.2. The minimum Gasteiger partial charge on any atom is -0.346 e. The van der Waals surface area contributed by atoms with Gasteiger partial charge in [0.15, 0.2) is 0 Å². The molecule has 13 heteroatoms. The van der Waals surface area contributed by atoms with Gasteiger partial charge in [-0.1, -0.05) is 35.5 Å². The molecule has 0 spiro atoms. The standard InChI is InChI=1S/C16H15F3N6O3S/c1-29(26,27)22-9-12(10-5-3-2-4-6-10)23-15-20-7-11(8-21-15)13-24-14(28-25-13)16(17,18)19/h2-8,12,22H,9H2,1H3,(H,20,21,23). The largest absolute Gasteiger partial charge is 0.471 e. The maximum atomic E-state index is 12.6. The summed E-state index contributed by atoms with van der Waals surface area (Å²) in [5.74, 6) is -1.63. The zero-order valence-corrected chi connectivity index (χ0v) is 15.7. The zero-order valence-electron chi connectivity index (χ0n) is 14.9. The number of nitrogens with zero attached hydrogens (tertiary/aromatic N) is 4. The fraction of sp³-hybridized carbons (Fsp3) is 0.250. The summed E-state index contributed by atoms with van der Waals surface area (Å²) in [6, 6.07) is 8.52. The Hall–Kier alpha value is -3.06. The van der Waals surface area contributed by atoms with Crippen molar-refractivity contribution >= 4 is 16.0 Å². The lowest BCUT2D eigenvalue weighted by Gasteiger charge is -2.19. The van der Waals surface area contributed by atoms with E-state index in [9.17, 15) is 21.6 Å². The van der Waals surface area contributed by atoms with Gasteiger partial charge in [0.2, 0.25) is 21.8 Å². The van der Waals surface area contributed by atoms with Gasteiger partial charge < -0.3 is 9.84 Å². The molecule has 0 saturated heterocycles. The van der Waals surface area contributed by atoms with E-state index in [0.717, 1.165) is 11.8 Å². The Morgan fingerprint density at radius 1 is 1.14 bits per heavy atom. The number of sulfonamides is 1. The van der Waals surface area contributed by atoms with E-state index in [1.807, 2.05) is 6.07 Å². The van der Waals surface area contributed by atoms with Crippen LogP contribution in [0.15, 0.2) is 47.2 Å². The number of hydrogen-bond acceptors (Lipinski definition) is 8. The van der Waals surface area contributed by atoms with Crippen LogP contribution in [0.25, 0.3) is 11.4 Å². The molecule has 29 heavy (non-hydrogen) atoms. The molecular weight excluding hydrogens is 413 g/mol. The highest BCUT2D eigenvalue weighted by Gasteiger charge is 2.38.